The molecule has 5 nitrogen and oxygen atoms in total. The van der Waals surface area contributed by atoms with E-state index in [1.807, 2.05) is 18.2 Å². The Morgan fingerprint density at radius 3 is 2.32 bits per heavy atom. The van der Waals surface area contributed by atoms with E-state index in [1.54, 1.807) is 22.8 Å². The van der Waals surface area contributed by atoms with Gasteiger partial charge in [-0.1, -0.05) is 18.2 Å². The molecule has 0 aliphatic carbocycles. The van der Waals surface area contributed by atoms with Crippen LogP contribution in [0.2, 0.25) is 0 Å². The van der Waals surface area contributed by atoms with Crippen molar-refractivity contribution in [3.05, 3.63) is 60.3 Å². The van der Waals surface area contributed by atoms with Gasteiger partial charge in [-0.05, 0) is 36.4 Å². The van der Waals surface area contributed by atoms with Crippen molar-refractivity contribution in [2.45, 2.75) is 4.90 Å². The summed E-state index contributed by atoms with van der Waals surface area (Å²) in [7, 11) is -3.34. The van der Waals surface area contributed by atoms with E-state index in [4.69, 9.17) is 0 Å². The third-order valence-electron chi connectivity index (χ3n) is 3.43. The SMILES string of the molecule is CS(=O)(=O)c1ccc2c(c1)cc(C(=O)O)n2-c1ccccc1. The van der Waals surface area contributed by atoms with Crippen molar-refractivity contribution in [1.82, 2.24) is 4.57 Å². The largest absolute Gasteiger partial charge is 0.477 e. The molecule has 0 bridgehead atoms. The van der Waals surface area contributed by atoms with Gasteiger partial charge in [0.15, 0.2) is 9.84 Å². The number of carboxylic acid groups (broad SMARTS) is 1. The molecule has 1 heterocycles. The van der Waals surface area contributed by atoms with Crippen LogP contribution in [-0.2, 0) is 9.84 Å². The highest BCUT2D eigenvalue weighted by Gasteiger charge is 2.17. The van der Waals surface area contributed by atoms with Crippen molar-refractivity contribution in [1.29, 1.82) is 0 Å². The van der Waals surface area contributed by atoms with Crippen LogP contribution in [0, 0.1) is 0 Å². The van der Waals surface area contributed by atoms with E-state index in [1.165, 1.54) is 18.2 Å². The smallest absolute Gasteiger partial charge is 0.352 e. The van der Waals surface area contributed by atoms with Crippen LogP contribution in [0.5, 0.6) is 0 Å². The summed E-state index contributed by atoms with van der Waals surface area (Å²) >= 11 is 0. The second kappa shape index (κ2) is 4.99. The van der Waals surface area contributed by atoms with Crippen molar-refractivity contribution in [2.24, 2.45) is 0 Å². The molecular weight excluding hydrogens is 302 g/mol. The lowest BCUT2D eigenvalue weighted by Crippen LogP contribution is -2.06. The van der Waals surface area contributed by atoms with Crippen LogP contribution in [0.15, 0.2) is 59.5 Å². The lowest BCUT2D eigenvalue weighted by molar-refractivity contribution is 0.0688. The summed E-state index contributed by atoms with van der Waals surface area (Å²) in [5, 5.41) is 9.99. The lowest BCUT2D eigenvalue weighted by atomic mass is 10.2. The summed E-state index contributed by atoms with van der Waals surface area (Å²) < 4.78 is 24.9. The number of aromatic nitrogens is 1. The fourth-order valence-corrected chi connectivity index (χ4v) is 3.09. The predicted molar refractivity (Wildman–Crippen MR) is 83.3 cm³/mol. The minimum absolute atomic E-state index is 0.0897. The Labute approximate surface area is 127 Å². The van der Waals surface area contributed by atoms with Crippen LogP contribution in [0.3, 0.4) is 0 Å². The van der Waals surface area contributed by atoms with Crippen LogP contribution < -0.4 is 0 Å². The van der Waals surface area contributed by atoms with Crippen LogP contribution in [0.1, 0.15) is 10.5 Å². The first-order chi connectivity index (χ1) is 10.4. The Bertz CT molecular complexity index is 972. The van der Waals surface area contributed by atoms with E-state index in [0.717, 1.165) is 6.26 Å². The van der Waals surface area contributed by atoms with Gasteiger partial charge < -0.3 is 9.67 Å². The van der Waals surface area contributed by atoms with Gasteiger partial charge in [0.1, 0.15) is 5.69 Å². The quantitative estimate of drug-likeness (QED) is 0.806. The number of para-hydroxylation sites is 1. The molecule has 0 radical (unpaired) electrons. The van der Waals surface area contributed by atoms with Crippen LogP contribution in [0.25, 0.3) is 16.6 Å². The van der Waals surface area contributed by atoms with Crippen LogP contribution >= 0.6 is 0 Å². The molecular formula is C16H13NO4S. The molecule has 0 fully saturated rings. The average Bonchev–Trinajstić information content (AvgIpc) is 2.86. The Hall–Kier alpha value is -2.60. The molecule has 3 aromatic rings. The second-order valence-electron chi connectivity index (χ2n) is 5.00. The fraction of sp³-hybridized carbons (Fsp3) is 0.0625. The van der Waals surface area contributed by atoms with Gasteiger partial charge in [0.05, 0.1) is 10.4 Å². The zero-order valence-electron chi connectivity index (χ0n) is 11.7. The Morgan fingerprint density at radius 2 is 1.73 bits per heavy atom. The minimum atomic E-state index is -3.34. The highest BCUT2D eigenvalue weighted by molar-refractivity contribution is 7.90. The first kappa shape index (κ1) is 14.3. The van der Waals surface area contributed by atoms with Crippen LogP contribution in [0.4, 0.5) is 0 Å². The Morgan fingerprint density at radius 1 is 1.05 bits per heavy atom. The zero-order chi connectivity index (χ0) is 15.9. The third kappa shape index (κ3) is 2.37. The number of hydrogen-bond donors (Lipinski definition) is 1. The number of carboxylic acids is 1. The van der Waals surface area contributed by atoms with E-state index >= 15 is 0 Å². The minimum Gasteiger partial charge on any atom is -0.477 e. The van der Waals surface area contributed by atoms with E-state index in [2.05, 4.69) is 0 Å². The summed E-state index contributed by atoms with van der Waals surface area (Å²) in [5.41, 5.74) is 1.45. The van der Waals surface area contributed by atoms with E-state index in [0.29, 0.717) is 16.6 Å². The molecule has 1 N–H and O–H groups in total. The first-order valence-electron chi connectivity index (χ1n) is 6.52. The summed E-state index contributed by atoms with van der Waals surface area (Å²) in [5.74, 6) is -1.07. The van der Waals surface area contributed by atoms with Crippen molar-refractivity contribution in [3.63, 3.8) is 0 Å². The summed E-state index contributed by atoms with van der Waals surface area (Å²) in [6.45, 7) is 0. The number of rotatable bonds is 3. The highest BCUT2D eigenvalue weighted by Crippen LogP contribution is 2.26. The van der Waals surface area contributed by atoms with E-state index in [9.17, 15) is 18.3 Å². The van der Waals surface area contributed by atoms with Crippen LogP contribution in [-0.4, -0.2) is 30.3 Å². The topological polar surface area (TPSA) is 76.4 Å². The standard InChI is InChI=1S/C16H13NO4S/c1-22(20,21)13-7-8-14-11(9-13)10-15(16(18)19)17(14)12-5-3-2-4-6-12/h2-10H,1H3,(H,18,19). The summed E-state index contributed by atoms with van der Waals surface area (Å²) in [6, 6.07) is 15.2. The predicted octanol–water partition coefficient (Wildman–Crippen LogP) is 2.73. The molecule has 0 saturated heterocycles. The lowest BCUT2D eigenvalue weighted by Gasteiger charge is -2.08. The molecule has 0 aliphatic rings. The van der Waals surface area contributed by atoms with Crippen molar-refractivity contribution < 1.29 is 18.3 Å². The number of sulfone groups is 1. The van der Waals surface area contributed by atoms with Gasteiger partial charge in [-0.15, -0.1) is 0 Å². The molecule has 6 heteroatoms. The Kier molecular flexibility index (Phi) is 3.26. The molecule has 2 aromatic carbocycles. The Balaban J connectivity index is 2.35. The number of fused-ring (bicyclic) bond motifs is 1. The monoisotopic (exact) mass is 315 g/mol. The van der Waals surface area contributed by atoms with Gasteiger partial charge in [0, 0.05) is 17.3 Å². The zero-order valence-corrected chi connectivity index (χ0v) is 12.5. The average molecular weight is 315 g/mol. The maximum atomic E-state index is 11.6. The van der Waals surface area contributed by atoms with Crippen molar-refractivity contribution in [2.75, 3.05) is 6.26 Å². The molecule has 3 rings (SSSR count). The number of hydrogen-bond acceptors (Lipinski definition) is 3. The maximum Gasteiger partial charge on any atom is 0.352 e. The molecule has 0 saturated carbocycles. The third-order valence-corrected chi connectivity index (χ3v) is 4.54. The van der Waals surface area contributed by atoms with Gasteiger partial charge >= 0.3 is 5.97 Å². The van der Waals surface area contributed by atoms with Crippen molar-refractivity contribution in [3.8, 4) is 5.69 Å². The normalized spacial score (nSPS) is 11.7. The molecule has 0 spiro atoms. The highest BCUT2D eigenvalue weighted by atomic mass is 32.2. The number of aromatic carboxylic acids is 1. The van der Waals surface area contributed by atoms with Gasteiger partial charge in [0.25, 0.3) is 0 Å². The maximum absolute atomic E-state index is 11.6. The molecule has 1 aromatic heterocycles. The van der Waals surface area contributed by atoms with Gasteiger partial charge in [-0.25, -0.2) is 13.2 Å². The summed E-state index contributed by atoms with van der Waals surface area (Å²) in [6.07, 6.45) is 1.13. The second-order valence-corrected chi connectivity index (χ2v) is 7.01. The first-order valence-corrected chi connectivity index (χ1v) is 8.41. The molecule has 0 amide bonds. The molecule has 112 valence electrons. The van der Waals surface area contributed by atoms with Crippen molar-refractivity contribution >= 4 is 26.7 Å². The van der Waals surface area contributed by atoms with Gasteiger partial charge in [0.2, 0.25) is 0 Å². The number of benzene rings is 2. The van der Waals surface area contributed by atoms with Gasteiger partial charge in [-0.3, -0.25) is 0 Å². The number of carbonyl (C=O) groups is 1. The molecule has 0 aliphatic heterocycles. The fourth-order valence-electron chi connectivity index (χ4n) is 2.44. The van der Waals surface area contributed by atoms with E-state index in [-0.39, 0.29) is 10.6 Å². The van der Waals surface area contributed by atoms with Gasteiger partial charge in [-0.2, -0.15) is 0 Å². The summed E-state index contributed by atoms with van der Waals surface area (Å²) in [4.78, 5) is 11.7. The number of nitrogens with zero attached hydrogens (tertiary/aromatic N) is 1. The molecule has 22 heavy (non-hydrogen) atoms. The molecule has 0 unspecified atom stereocenters. The van der Waals surface area contributed by atoms with E-state index < -0.39 is 15.8 Å². The molecule has 0 atom stereocenters.